The Bertz CT molecular complexity index is 1350. The Balaban J connectivity index is 1.46. The zero-order valence-electron chi connectivity index (χ0n) is 16.1. The minimum Gasteiger partial charge on any atom is -0.324 e. The summed E-state index contributed by atoms with van der Waals surface area (Å²) in [6.07, 6.45) is 0. The summed E-state index contributed by atoms with van der Waals surface area (Å²) in [5.74, 6) is -1.43. The lowest BCUT2D eigenvalue weighted by molar-refractivity contribution is -0.117. The van der Waals surface area contributed by atoms with Gasteiger partial charge in [-0.1, -0.05) is 29.5 Å². The standard InChI is InChI=1S/C22H16FN5O3/c23-15-6-4-8-17(12-15)25-21(30)14-5-3-7-16(11-14)24-20(29)13-28-22(31)18-9-1-2-10-19(18)26-27-28/h1-12H,13H2,(H,24,29)(H,25,30). The van der Waals surface area contributed by atoms with Crippen molar-refractivity contribution < 1.29 is 14.0 Å². The summed E-state index contributed by atoms with van der Waals surface area (Å²) in [7, 11) is 0. The molecule has 0 spiro atoms. The van der Waals surface area contributed by atoms with E-state index in [1.54, 1.807) is 48.5 Å². The van der Waals surface area contributed by atoms with Crippen molar-refractivity contribution in [3.8, 4) is 0 Å². The highest BCUT2D eigenvalue weighted by atomic mass is 19.1. The number of benzene rings is 3. The van der Waals surface area contributed by atoms with Gasteiger partial charge in [0, 0.05) is 16.9 Å². The quantitative estimate of drug-likeness (QED) is 0.519. The van der Waals surface area contributed by atoms with Gasteiger partial charge in [0.2, 0.25) is 5.91 Å². The number of aromatic nitrogens is 3. The SMILES string of the molecule is O=C(Cn1nnc2ccccc2c1=O)Nc1cccc(C(=O)Nc2cccc(F)c2)c1. The van der Waals surface area contributed by atoms with Gasteiger partial charge in [-0.05, 0) is 48.5 Å². The molecule has 2 amide bonds. The number of nitrogens with one attached hydrogen (secondary N) is 2. The number of rotatable bonds is 5. The van der Waals surface area contributed by atoms with Gasteiger partial charge in [-0.3, -0.25) is 14.4 Å². The molecule has 1 aromatic heterocycles. The minimum atomic E-state index is -0.505. The molecule has 4 aromatic rings. The molecule has 0 bridgehead atoms. The first-order chi connectivity index (χ1) is 15.0. The van der Waals surface area contributed by atoms with Crippen LogP contribution in [0.1, 0.15) is 10.4 Å². The van der Waals surface area contributed by atoms with Gasteiger partial charge in [0.1, 0.15) is 17.9 Å². The molecule has 154 valence electrons. The molecule has 0 fully saturated rings. The second-order valence-corrected chi connectivity index (χ2v) is 6.66. The molecule has 2 N–H and O–H groups in total. The van der Waals surface area contributed by atoms with Gasteiger partial charge in [0.05, 0.1) is 5.39 Å². The second kappa shape index (κ2) is 8.54. The molecule has 9 heteroatoms. The number of halogens is 1. The molecule has 3 aromatic carbocycles. The summed E-state index contributed by atoms with van der Waals surface area (Å²) in [6, 6.07) is 18.5. The van der Waals surface area contributed by atoms with Crippen LogP contribution < -0.4 is 16.2 Å². The highest BCUT2D eigenvalue weighted by Crippen LogP contribution is 2.15. The molecule has 0 unspecified atom stereocenters. The first-order valence-corrected chi connectivity index (χ1v) is 9.29. The molecule has 0 saturated carbocycles. The molecule has 0 radical (unpaired) electrons. The maximum absolute atomic E-state index is 13.3. The van der Waals surface area contributed by atoms with Crippen molar-refractivity contribution >= 4 is 34.1 Å². The third-order valence-corrected chi connectivity index (χ3v) is 4.41. The molecule has 31 heavy (non-hydrogen) atoms. The maximum atomic E-state index is 13.3. The molecule has 0 aliphatic heterocycles. The monoisotopic (exact) mass is 417 g/mol. The van der Waals surface area contributed by atoms with Crippen LogP contribution in [0.25, 0.3) is 10.9 Å². The molecular formula is C22H16FN5O3. The van der Waals surface area contributed by atoms with E-state index in [2.05, 4.69) is 20.9 Å². The molecule has 4 rings (SSSR count). The van der Waals surface area contributed by atoms with Crippen LogP contribution >= 0.6 is 0 Å². The number of nitrogens with zero attached hydrogens (tertiary/aromatic N) is 3. The summed E-state index contributed by atoms with van der Waals surface area (Å²) >= 11 is 0. The number of hydrogen-bond donors (Lipinski definition) is 2. The van der Waals surface area contributed by atoms with E-state index in [1.165, 1.54) is 24.3 Å². The molecule has 0 saturated heterocycles. The molecule has 0 aliphatic carbocycles. The van der Waals surface area contributed by atoms with Crippen molar-refractivity contribution in [2.75, 3.05) is 10.6 Å². The van der Waals surface area contributed by atoms with Crippen LogP contribution in [-0.2, 0) is 11.3 Å². The van der Waals surface area contributed by atoms with E-state index in [1.807, 2.05) is 0 Å². The Morgan fingerprint density at radius 2 is 1.65 bits per heavy atom. The fraction of sp³-hybridized carbons (Fsp3) is 0.0455. The van der Waals surface area contributed by atoms with E-state index >= 15 is 0 Å². The zero-order chi connectivity index (χ0) is 21.8. The minimum absolute atomic E-state index is 0.268. The highest BCUT2D eigenvalue weighted by Gasteiger charge is 2.12. The van der Waals surface area contributed by atoms with Gasteiger partial charge in [-0.2, -0.15) is 0 Å². The maximum Gasteiger partial charge on any atom is 0.278 e. The lowest BCUT2D eigenvalue weighted by atomic mass is 10.1. The molecule has 1 heterocycles. The smallest absolute Gasteiger partial charge is 0.278 e. The van der Waals surface area contributed by atoms with E-state index in [0.29, 0.717) is 22.3 Å². The van der Waals surface area contributed by atoms with Crippen molar-refractivity contribution in [1.82, 2.24) is 15.0 Å². The average Bonchev–Trinajstić information content (AvgIpc) is 2.76. The van der Waals surface area contributed by atoms with Crippen LogP contribution in [0, 0.1) is 5.82 Å². The fourth-order valence-electron chi connectivity index (χ4n) is 2.97. The fourth-order valence-corrected chi connectivity index (χ4v) is 2.97. The average molecular weight is 417 g/mol. The van der Waals surface area contributed by atoms with Crippen LogP contribution in [0.3, 0.4) is 0 Å². The number of fused-ring (bicyclic) bond motifs is 1. The zero-order valence-corrected chi connectivity index (χ0v) is 16.1. The van der Waals surface area contributed by atoms with Gasteiger partial charge >= 0.3 is 0 Å². The summed E-state index contributed by atoms with van der Waals surface area (Å²) in [5.41, 5.74) is 0.960. The third kappa shape index (κ3) is 4.61. The van der Waals surface area contributed by atoms with E-state index in [4.69, 9.17) is 0 Å². The van der Waals surface area contributed by atoms with Crippen LogP contribution in [0.2, 0.25) is 0 Å². The van der Waals surface area contributed by atoms with E-state index in [9.17, 15) is 18.8 Å². The Labute approximate surface area is 175 Å². The topological polar surface area (TPSA) is 106 Å². The van der Waals surface area contributed by atoms with Crippen LogP contribution in [0.5, 0.6) is 0 Å². The Hall–Kier alpha value is -4.40. The van der Waals surface area contributed by atoms with Crippen molar-refractivity contribution in [2.24, 2.45) is 0 Å². The summed E-state index contributed by atoms with van der Waals surface area (Å²) in [5, 5.41) is 13.3. The second-order valence-electron chi connectivity index (χ2n) is 6.66. The Morgan fingerprint density at radius 1 is 0.903 bits per heavy atom. The molecule has 0 aliphatic rings. The molecule has 8 nitrogen and oxygen atoms in total. The van der Waals surface area contributed by atoms with Crippen molar-refractivity contribution in [3.05, 3.63) is 94.5 Å². The van der Waals surface area contributed by atoms with E-state index in [-0.39, 0.29) is 12.1 Å². The predicted molar refractivity (Wildman–Crippen MR) is 113 cm³/mol. The highest BCUT2D eigenvalue weighted by molar-refractivity contribution is 6.05. The number of hydrogen-bond acceptors (Lipinski definition) is 5. The van der Waals surface area contributed by atoms with Gasteiger partial charge in [0.15, 0.2) is 0 Å². The molecule has 0 atom stereocenters. The van der Waals surface area contributed by atoms with Crippen LogP contribution in [-0.4, -0.2) is 26.8 Å². The van der Waals surface area contributed by atoms with Crippen LogP contribution in [0.4, 0.5) is 15.8 Å². The van der Waals surface area contributed by atoms with Crippen molar-refractivity contribution in [3.63, 3.8) is 0 Å². The summed E-state index contributed by atoms with van der Waals surface area (Å²) in [4.78, 5) is 37.3. The van der Waals surface area contributed by atoms with Gasteiger partial charge in [-0.25, -0.2) is 9.07 Å². The van der Waals surface area contributed by atoms with E-state index in [0.717, 1.165) is 4.68 Å². The van der Waals surface area contributed by atoms with Gasteiger partial charge < -0.3 is 10.6 Å². The van der Waals surface area contributed by atoms with Gasteiger partial charge in [-0.15, -0.1) is 5.10 Å². The summed E-state index contributed by atoms with van der Waals surface area (Å²) < 4.78 is 14.3. The van der Waals surface area contributed by atoms with Crippen molar-refractivity contribution in [1.29, 1.82) is 0 Å². The Morgan fingerprint density at radius 3 is 2.45 bits per heavy atom. The van der Waals surface area contributed by atoms with Gasteiger partial charge in [0.25, 0.3) is 11.5 Å². The first kappa shape index (κ1) is 19.9. The lowest BCUT2D eigenvalue weighted by Crippen LogP contribution is -2.30. The van der Waals surface area contributed by atoms with E-state index < -0.39 is 23.2 Å². The number of carbonyl (C=O) groups is 2. The summed E-state index contributed by atoms with van der Waals surface area (Å²) in [6.45, 7) is -0.337. The lowest BCUT2D eigenvalue weighted by Gasteiger charge is -2.09. The van der Waals surface area contributed by atoms with Crippen molar-refractivity contribution in [2.45, 2.75) is 6.54 Å². The largest absolute Gasteiger partial charge is 0.324 e. The molecular weight excluding hydrogens is 401 g/mol. The third-order valence-electron chi connectivity index (χ3n) is 4.41. The number of amides is 2. The Kier molecular flexibility index (Phi) is 5.48. The predicted octanol–water partition coefficient (Wildman–Crippen LogP) is 2.82. The number of carbonyl (C=O) groups excluding carboxylic acids is 2. The normalized spacial score (nSPS) is 10.6. The van der Waals surface area contributed by atoms with Crippen LogP contribution in [0.15, 0.2) is 77.6 Å². The number of anilines is 2. The first-order valence-electron chi connectivity index (χ1n) is 9.29.